The lowest BCUT2D eigenvalue weighted by molar-refractivity contribution is -0.124. The van der Waals surface area contributed by atoms with Crippen molar-refractivity contribution in [2.24, 2.45) is 4.99 Å². The van der Waals surface area contributed by atoms with Crippen LogP contribution >= 0.6 is 23.2 Å². The van der Waals surface area contributed by atoms with E-state index in [1.807, 2.05) is 6.07 Å². The standard InChI is InChI=1S/C17H12Cl2FN3O2/c18-15(19)17(23-14(24)11-6-8-12(20)9-7-11)16(25)21-13(22-17)10-4-2-1-3-5-10/h1-9,15H,(H,23,24)(H,21,22,25)/t17-/m1/s1. The highest BCUT2D eigenvalue weighted by molar-refractivity contribution is 6.47. The first-order valence-electron chi connectivity index (χ1n) is 7.25. The molecule has 5 nitrogen and oxygen atoms in total. The number of nitrogens with zero attached hydrogens (tertiary/aromatic N) is 1. The van der Waals surface area contributed by atoms with Gasteiger partial charge in [-0.1, -0.05) is 53.5 Å². The molecule has 8 heteroatoms. The van der Waals surface area contributed by atoms with Crippen LogP contribution in [0.3, 0.4) is 0 Å². The maximum atomic E-state index is 13.0. The highest BCUT2D eigenvalue weighted by Gasteiger charge is 2.50. The summed E-state index contributed by atoms with van der Waals surface area (Å²) in [6.45, 7) is 0. The second kappa shape index (κ2) is 6.82. The summed E-state index contributed by atoms with van der Waals surface area (Å²) < 4.78 is 13.0. The van der Waals surface area contributed by atoms with Crippen molar-refractivity contribution in [1.82, 2.24) is 10.6 Å². The minimum Gasteiger partial charge on any atom is -0.318 e. The Labute approximate surface area is 152 Å². The number of hydrogen-bond acceptors (Lipinski definition) is 3. The minimum atomic E-state index is -1.88. The normalized spacial score (nSPS) is 19.5. The molecule has 2 N–H and O–H groups in total. The van der Waals surface area contributed by atoms with Gasteiger partial charge in [0.2, 0.25) is 5.66 Å². The van der Waals surface area contributed by atoms with Crippen molar-refractivity contribution in [3.63, 3.8) is 0 Å². The summed E-state index contributed by atoms with van der Waals surface area (Å²) in [5, 5.41) is 5.03. The molecule has 0 aromatic heterocycles. The molecule has 0 fully saturated rings. The molecule has 0 saturated carbocycles. The molecule has 0 unspecified atom stereocenters. The van der Waals surface area contributed by atoms with Gasteiger partial charge in [0.1, 0.15) is 11.7 Å². The third kappa shape index (κ3) is 3.36. The number of amides is 2. The Kier molecular flexibility index (Phi) is 4.74. The molecule has 1 heterocycles. The van der Waals surface area contributed by atoms with E-state index < -0.39 is 28.1 Å². The number of hydrogen-bond donors (Lipinski definition) is 2. The quantitative estimate of drug-likeness (QED) is 0.801. The summed E-state index contributed by atoms with van der Waals surface area (Å²) in [5.41, 5.74) is -1.09. The molecular weight excluding hydrogens is 368 g/mol. The van der Waals surface area contributed by atoms with E-state index in [-0.39, 0.29) is 11.4 Å². The van der Waals surface area contributed by atoms with Crippen LogP contribution in [0.4, 0.5) is 4.39 Å². The van der Waals surface area contributed by atoms with Gasteiger partial charge in [-0.3, -0.25) is 9.59 Å². The van der Waals surface area contributed by atoms with E-state index in [0.29, 0.717) is 5.56 Å². The van der Waals surface area contributed by atoms with Crippen molar-refractivity contribution in [2.75, 3.05) is 0 Å². The number of halogens is 3. The van der Waals surface area contributed by atoms with Crippen LogP contribution in [0.1, 0.15) is 15.9 Å². The monoisotopic (exact) mass is 379 g/mol. The molecule has 0 spiro atoms. The van der Waals surface area contributed by atoms with Crippen LogP contribution in [-0.4, -0.2) is 28.1 Å². The van der Waals surface area contributed by atoms with Crippen LogP contribution in [-0.2, 0) is 4.79 Å². The topological polar surface area (TPSA) is 70.6 Å². The summed E-state index contributed by atoms with van der Waals surface area (Å²) in [7, 11) is 0. The third-order valence-electron chi connectivity index (χ3n) is 3.64. The van der Waals surface area contributed by atoms with E-state index >= 15 is 0 Å². The smallest absolute Gasteiger partial charge is 0.277 e. The van der Waals surface area contributed by atoms with Crippen molar-refractivity contribution in [3.05, 3.63) is 71.5 Å². The van der Waals surface area contributed by atoms with Gasteiger partial charge in [-0.25, -0.2) is 9.38 Å². The van der Waals surface area contributed by atoms with Crippen molar-refractivity contribution in [2.45, 2.75) is 10.5 Å². The highest BCUT2D eigenvalue weighted by atomic mass is 35.5. The Morgan fingerprint density at radius 2 is 1.76 bits per heavy atom. The third-order valence-corrected chi connectivity index (χ3v) is 4.27. The average Bonchev–Trinajstić information content (AvgIpc) is 2.94. The van der Waals surface area contributed by atoms with Gasteiger partial charge in [0.15, 0.2) is 4.84 Å². The first kappa shape index (κ1) is 17.4. The first-order valence-corrected chi connectivity index (χ1v) is 8.12. The zero-order valence-electron chi connectivity index (χ0n) is 12.7. The van der Waals surface area contributed by atoms with Crippen LogP contribution in [0.25, 0.3) is 0 Å². The summed E-state index contributed by atoms with van der Waals surface area (Å²) in [6, 6.07) is 13.7. The van der Waals surface area contributed by atoms with Gasteiger partial charge in [-0.2, -0.15) is 0 Å². The Morgan fingerprint density at radius 3 is 2.36 bits per heavy atom. The number of amidine groups is 1. The molecule has 2 aromatic carbocycles. The van der Waals surface area contributed by atoms with Gasteiger partial charge in [0.25, 0.3) is 11.8 Å². The molecule has 2 amide bonds. The lowest BCUT2D eigenvalue weighted by Crippen LogP contribution is -2.58. The van der Waals surface area contributed by atoms with Gasteiger partial charge in [0.05, 0.1) is 0 Å². The number of alkyl halides is 2. The average molecular weight is 380 g/mol. The van der Waals surface area contributed by atoms with Crippen LogP contribution in [0, 0.1) is 5.82 Å². The van der Waals surface area contributed by atoms with Gasteiger partial charge >= 0.3 is 0 Å². The van der Waals surface area contributed by atoms with E-state index in [1.54, 1.807) is 24.3 Å². The molecule has 1 atom stereocenters. The van der Waals surface area contributed by atoms with Crippen molar-refractivity contribution >= 4 is 40.9 Å². The van der Waals surface area contributed by atoms with Gasteiger partial charge < -0.3 is 10.6 Å². The molecule has 0 aliphatic carbocycles. The SMILES string of the molecule is O=C(N[C@@]1(C(Cl)Cl)N=C(c2ccccc2)NC1=O)c1ccc(F)cc1. The van der Waals surface area contributed by atoms with Gasteiger partial charge in [0, 0.05) is 11.1 Å². The van der Waals surface area contributed by atoms with Crippen LogP contribution in [0.15, 0.2) is 59.6 Å². The zero-order valence-corrected chi connectivity index (χ0v) is 14.2. The largest absolute Gasteiger partial charge is 0.318 e. The van der Waals surface area contributed by atoms with E-state index in [1.165, 1.54) is 12.1 Å². The molecule has 0 bridgehead atoms. The Bertz CT molecular complexity index is 841. The fraction of sp³-hybridized carbons (Fsp3) is 0.118. The molecular formula is C17H12Cl2FN3O2. The predicted molar refractivity (Wildman–Crippen MR) is 93.2 cm³/mol. The predicted octanol–water partition coefficient (Wildman–Crippen LogP) is 2.63. The summed E-state index contributed by atoms with van der Waals surface area (Å²) in [6.07, 6.45) is 0. The van der Waals surface area contributed by atoms with Crippen molar-refractivity contribution in [3.8, 4) is 0 Å². The van der Waals surface area contributed by atoms with E-state index in [2.05, 4.69) is 15.6 Å². The van der Waals surface area contributed by atoms with E-state index in [4.69, 9.17) is 23.2 Å². The number of aliphatic imine (C=N–C) groups is 1. The maximum Gasteiger partial charge on any atom is 0.277 e. The van der Waals surface area contributed by atoms with Crippen LogP contribution in [0.5, 0.6) is 0 Å². The number of carbonyl (C=O) groups excluding carboxylic acids is 2. The molecule has 1 aliphatic heterocycles. The van der Waals surface area contributed by atoms with Gasteiger partial charge in [-0.05, 0) is 24.3 Å². The number of rotatable bonds is 4. The van der Waals surface area contributed by atoms with Gasteiger partial charge in [-0.15, -0.1) is 0 Å². The Balaban J connectivity index is 1.94. The molecule has 0 radical (unpaired) electrons. The summed E-state index contributed by atoms with van der Waals surface area (Å²) in [4.78, 5) is 27.8. The molecule has 0 saturated heterocycles. The highest BCUT2D eigenvalue weighted by Crippen LogP contribution is 2.28. The Hall–Kier alpha value is -2.44. The summed E-state index contributed by atoms with van der Waals surface area (Å²) in [5.74, 6) is -1.55. The summed E-state index contributed by atoms with van der Waals surface area (Å²) >= 11 is 11.9. The fourth-order valence-corrected chi connectivity index (χ4v) is 2.73. The molecule has 1 aliphatic rings. The lowest BCUT2D eigenvalue weighted by Gasteiger charge is -2.25. The van der Waals surface area contributed by atoms with Crippen molar-refractivity contribution in [1.29, 1.82) is 0 Å². The first-order chi connectivity index (χ1) is 11.9. The van der Waals surface area contributed by atoms with E-state index in [0.717, 1.165) is 12.1 Å². The van der Waals surface area contributed by atoms with Crippen molar-refractivity contribution < 1.29 is 14.0 Å². The lowest BCUT2D eigenvalue weighted by atomic mass is 10.1. The maximum absolute atomic E-state index is 13.0. The number of benzene rings is 2. The van der Waals surface area contributed by atoms with Crippen LogP contribution < -0.4 is 10.6 Å². The van der Waals surface area contributed by atoms with Crippen LogP contribution in [0.2, 0.25) is 0 Å². The molecule has 25 heavy (non-hydrogen) atoms. The Morgan fingerprint density at radius 1 is 1.12 bits per heavy atom. The second-order valence-electron chi connectivity index (χ2n) is 5.31. The number of carbonyl (C=O) groups is 2. The second-order valence-corrected chi connectivity index (χ2v) is 6.40. The fourth-order valence-electron chi connectivity index (χ4n) is 2.32. The molecule has 3 rings (SSSR count). The molecule has 128 valence electrons. The van der Waals surface area contributed by atoms with E-state index in [9.17, 15) is 14.0 Å². The number of nitrogens with one attached hydrogen (secondary N) is 2. The zero-order chi connectivity index (χ0) is 18.0. The minimum absolute atomic E-state index is 0.144. The molecule has 2 aromatic rings.